The second-order valence-electron chi connectivity index (χ2n) is 27.2. The Kier molecular flexibility index (Phi) is 19.0. The van der Waals surface area contributed by atoms with E-state index in [0.717, 1.165) is 106 Å². The van der Waals surface area contributed by atoms with Gasteiger partial charge in [0.25, 0.3) is 0 Å². The Bertz CT molecular complexity index is 3790. The Balaban J connectivity index is 0.999. The highest BCUT2D eigenvalue weighted by atomic mass is 16.6. The summed E-state index contributed by atoms with van der Waals surface area (Å²) in [5.41, 5.74) is 11.8. The van der Waals surface area contributed by atoms with Crippen LogP contribution >= 0.6 is 0 Å². The van der Waals surface area contributed by atoms with Crippen molar-refractivity contribution in [3.63, 3.8) is 0 Å². The van der Waals surface area contributed by atoms with Gasteiger partial charge in [-0.25, -0.2) is 0 Å². The van der Waals surface area contributed by atoms with Crippen molar-refractivity contribution in [1.82, 2.24) is 26.3 Å². The number of nitrogens with one attached hydrogen (secondary N) is 5. The van der Waals surface area contributed by atoms with Crippen LogP contribution in [0.15, 0.2) is 121 Å². The lowest BCUT2D eigenvalue weighted by Gasteiger charge is -2.50. The lowest BCUT2D eigenvalue weighted by atomic mass is 9.62. The van der Waals surface area contributed by atoms with Gasteiger partial charge in [0.2, 0.25) is 0 Å². The number of phenols is 2. The van der Waals surface area contributed by atoms with E-state index in [0.29, 0.717) is 75.1 Å². The number of fused-ring (bicyclic) bond motifs is 12. The fourth-order valence-corrected chi connectivity index (χ4v) is 15.9. The molecule has 1 aromatic heterocycles. The number of hydrogen-bond acceptors (Lipinski definition) is 13. The molecule has 1 fully saturated rings. The van der Waals surface area contributed by atoms with E-state index in [1.54, 1.807) is 0 Å². The molecule has 13 rings (SSSR count). The average Bonchev–Trinajstić information content (AvgIpc) is 0.934. The molecule has 91 heavy (non-hydrogen) atoms. The third-order valence-electron chi connectivity index (χ3n) is 20.1. The molecule has 8 unspecified atom stereocenters. The van der Waals surface area contributed by atoms with Gasteiger partial charge in [-0.1, -0.05) is 118 Å². The molecule has 2 bridgehead atoms. The summed E-state index contributed by atoms with van der Waals surface area (Å²) in [6, 6.07) is 37.2. The molecule has 6 aromatic carbocycles. The van der Waals surface area contributed by atoms with Crippen molar-refractivity contribution < 1.29 is 44.5 Å². The first-order valence-electron chi connectivity index (χ1n) is 33.6. The smallest absolute Gasteiger partial charge is 0.162 e. The third-order valence-corrected chi connectivity index (χ3v) is 20.1. The predicted octanol–water partition coefficient (Wildman–Crippen LogP) is 11.5. The van der Waals surface area contributed by atoms with Crippen LogP contribution in [0, 0.1) is 17.8 Å². The third kappa shape index (κ3) is 13.3. The molecule has 3 aliphatic heterocycles. The number of benzene rings is 6. The van der Waals surface area contributed by atoms with Crippen LogP contribution in [-0.2, 0) is 43.3 Å². The lowest BCUT2D eigenvalue weighted by Crippen LogP contribution is -2.62. The van der Waals surface area contributed by atoms with Gasteiger partial charge in [0.1, 0.15) is 41.1 Å². The van der Waals surface area contributed by atoms with Crippen LogP contribution in [0.3, 0.4) is 0 Å². The molecule has 0 spiro atoms. The van der Waals surface area contributed by atoms with E-state index in [4.69, 9.17) is 18.9 Å². The number of rotatable bonds is 23. The maximum atomic E-state index is 12.4. The Morgan fingerprint density at radius 3 is 2.35 bits per heavy atom. The van der Waals surface area contributed by atoms with E-state index in [1.165, 1.54) is 23.1 Å². The number of phenolic OH excluding ortho intramolecular Hbond substituents is 2. The van der Waals surface area contributed by atoms with Gasteiger partial charge in [-0.05, 0) is 187 Å². The van der Waals surface area contributed by atoms with Crippen LogP contribution < -0.4 is 35.5 Å². The number of aliphatic hydroxyl groups excluding tert-OH is 2. The normalized spacial score (nSPS) is 23.1. The van der Waals surface area contributed by atoms with Crippen LogP contribution in [0.5, 0.6) is 28.7 Å². The number of H-pyrrole nitrogens is 1. The minimum Gasteiger partial charge on any atom is -0.507 e. The van der Waals surface area contributed by atoms with Gasteiger partial charge < -0.3 is 60.1 Å². The van der Waals surface area contributed by atoms with E-state index >= 15 is 0 Å². The molecule has 0 amide bonds. The summed E-state index contributed by atoms with van der Waals surface area (Å²) in [6.45, 7) is 7.83. The monoisotopic (exact) mass is 1230 g/mol. The Morgan fingerprint density at radius 1 is 0.780 bits per heavy atom. The number of aromatic hydroxyl groups is 2. The molecule has 14 heteroatoms. The van der Waals surface area contributed by atoms with E-state index in [1.807, 2.05) is 43.5 Å². The van der Waals surface area contributed by atoms with E-state index in [2.05, 4.69) is 137 Å². The molecule has 3 aliphatic carbocycles. The van der Waals surface area contributed by atoms with Crippen molar-refractivity contribution in [2.24, 2.45) is 5.92 Å². The largest absolute Gasteiger partial charge is 0.507 e. The molecule has 6 aliphatic rings. The topological polar surface area (TPSA) is 202 Å². The molecule has 8 atom stereocenters. The number of aromatic nitrogens is 1. The van der Waals surface area contributed by atoms with Gasteiger partial charge in [-0.15, -0.1) is 0 Å². The summed E-state index contributed by atoms with van der Waals surface area (Å²) in [5.74, 6) is 9.07. The average molecular weight is 1230 g/mol. The van der Waals surface area contributed by atoms with Crippen molar-refractivity contribution in [3.8, 4) is 51.7 Å². The fraction of sp³-hybridized carbons (Fsp3) is 0.455. The summed E-state index contributed by atoms with van der Waals surface area (Å²) < 4.78 is 29.7. The van der Waals surface area contributed by atoms with Crippen molar-refractivity contribution in [3.05, 3.63) is 177 Å². The Hall–Kier alpha value is -7.16. The highest BCUT2D eigenvalue weighted by molar-refractivity contribution is 5.90. The van der Waals surface area contributed by atoms with E-state index < -0.39 is 35.6 Å². The lowest BCUT2D eigenvalue weighted by molar-refractivity contribution is -0.144. The van der Waals surface area contributed by atoms with E-state index in [9.17, 15) is 25.5 Å². The van der Waals surface area contributed by atoms with Crippen molar-refractivity contribution in [2.45, 2.75) is 171 Å². The zero-order valence-electron chi connectivity index (χ0n) is 53.1. The van der Waals surface area contributed by atoms with Gasteiger partial charge >= 0.3 is 0 Å². The molecule has 478 valence electrons. The molecular weight excluding hydrogens is 1140 g/mol. The zero-order chi connectivity index (χ0) is 62.6. The number of hydrogen-bond donors (Lipinski definition) is 10. The molecule has 10 N–H and O–H groups in total. The van der Waals surface area contributed by atoms with Crippen molar-refractivity contribution in [1.29, 1.82) is 0 Å². The van der Waals surface area contributed by atoms with Gasteiger partial charge in [0.15, 0.2) is 17.6 Å². The number of ether oxygens (including phenoxy) is 4. The fourth-order valence-electron chi connectivity index (χ4n) is 15.9. The minimum atomic E-state index is -1.32. The maximum Gasteiger partial charge on any atom is 0.162 e. The SMILES string of the molecule is CC(C)CC(C)(O)CNCNC1C#CCC(CO)Oc2cc(cc(CCc3ccccc3)c2O)C2Oc3c(c4c(c5c3CCC(CO)O5)-c3ccc(O)c5c3C(C4)C(c3ccc4[nH]ccc4c3)C(CNCCCc3ccccc3)=C5)CC12OCNC1CCCCC1. The molecule has 4 heterocycles. The molecular formula is C77H91N5O9. The number of aliphatic hydroxyl groups is 3. The van der Waals surface area contributed by atoms with Crippen molar-refractivity contribution in [2.75, 3.05) is 46.2 Å². The summed E-state index contributed by atoms with van der Waals surface area (Å²) in [6.07, 6.45) is 13.5. The summed E-state index contributed by atoms with van der Waals surface area (Å²) in [4.78, 5) is 3.43. The van der Waals surface area contributed by atoms with Crippen molar-refractivity contribution >= 4 is 17.0 Å². The van der Waals surface area contributed by atoms with Gasteiger partial charge in [0, 0.05) is 78.5 Å². The second kappa shape index (κ2) is 27.6. The van der Waals surface area contributed by atoms with Crippen LogP contribution in [0.1, 0.15) is 152 Å². The maximum absolute atomic E-state index is 12.4. The van der Waals surface area contributed by atoms with Crippen LogP contribution in [0.25, 0.3) is 28.1 Å². The minimum absolute atomic E-state index is 0.00631. The summed E-state index contributed by atoms with van der Waals surface area (Å²) in [7, 11) is 0. The highest BCUT2D eigenvalue weighted by Gasteiger charge is 2.55. The molecule has 14 nitrogen and oxygen atoms in total. The number of aryl methyl sites for hydroxylation is 3. The summed E-state index contributed by atoms with van der Waals surface area (Å²) >= 11 is 0. The van der Waals surface area contributed by atoms with Crippen LogP contribution in [-0.4, -0.2) is 112 Å². The zero-order valence-corrected chi connectivity index (χ0v) is 53.1. The molecule has 0 saturated heterocycles. The Labute approximate surface area is 536 Å². The number of aromatic amines is 1. The first-order chi connectivity index (χ1) is 44.4. The first kappa shape index (κ1) is 62.6. The molecule has 0 radical (unpaired) electrons. The quantitative estimate of drug-likeness (QED) is 0.0165. The van der Waals surface area contributed by atoms with Gasteiger partial charge in [-0.3, -0.25) is 10.6 Å². The van der Waals surface area contributed by atoms with Crippen LogP contribution in [0.4, 0.5) is 0 Å². The molecule has 7 aromatic rings. The van der Waals surface area contributed by atoms with Gasteiger partial charge in [0.05, 0.1) is 25.5 Å². The summed E-state index contributed by atoms with van der Waals surface area (Å²) in [5, 5.41) is 74.5. The Morgan fingerprint density at radius 2 is 1.57 bits per heavy atom. The van der Waals surface area contributed by atoms with Gasteiger partial charge in [-0.2, -0.15) is 0 Å². The van der Waals surface area contributed by atoms with Crippen LogP contribution in [0.2, 0.25) is 0 Å². The predicted molar refractivity (Wildman–Crippen MR) is 358 cm³/mol. The van der Waals surface area contributed by atoms with E-state index in [-0.39, 0.29) is 74.1 Å². The first-order valence-corrected chi connectivity index (χ1v) is 33.6. The standard InChI is InChI=1S/C77H91N5O9/c1-48(2)40-76(3,87)45-79-46-81-68-23-13-22-57(43-83)89-67-38-54(36-53(72(67)86)25-24-50-17-9-5-10-18-50)75-77(68,88-47-82-56-20-11-6-12-21-56)41-64-61-39-63-69(52-26-30-65-51(35-52)32-34-80-65)55(42-78-33-14-19-49-15-7-4-8-16-49)37-62-66(85)31-29-59(70(62)63)71(61)74-60(73(64)91-75)28-27-58(44-84)90-74/h4-5,7-10,15-18,26,29-32,34-38,48,56-58,63,68-69,75,78-87H,6,11-12,14,19-22,24-25,27-28,33,39-47H2,1-3H3. The highest BCUT2D eigenvalue weighted by Crippen LogP contribution is 2.62. The second-order valence-corrected chi connectivity index (χ2v) is 27.2. The molecule has 1 saturated carbocycles.